The summed E-state index contributed by atoms with van der Waals surface area (Å²) in [6, 6.07) is 80.9. The summed E-state index contributed by atoms with van der Waals surface area (Å²) in [5, 5.41) is 9.37. The van der Waals surface area contributed by atoms with Gasteiger partial charge in [0.2, 0.25) is 0 Å². The molecular weight excluding hydrogens is 783 g/mol. The fourth-order valence-electron chi connectivity index (χ4n) is 9.48. The van der Waals surface area contributed by atoms with Gasteiger partial charge in [0.25, 0.3) is 0 Å². The number of benzene rings is 12. The van der Waals surface area contributed by atoms with Gasteiger partial charge < -0.3 is 4.90 Å². The van der Waals surface area contributed by atoms with Gasteiger partial charge in [-0.05, 0) is 141 Å². The van der Waals surface area contributed by atoms with Crippen LogP contribution >= 0.6 is 0 Å². The molecule has 0 aliphatic carbocycles. The Hall–Kier alpha value is -8.52. The van der Waals surface area contributed by atoms with Crippen LogP contribution in [0.1, 0.15) is 5.48 Å². The average molecular weight is 830 g/mol. The van der Waals surface area contributed by atoms with Crippen LogP contribution < -0.4 is 4.90 Å². The Labute approximate surface area is 385 Å². The first-order valence-corrected chi connectivity index (χ1v) is 22.1. The Morgan fingerprint density at radius 2 is 0.723 bits per heavy atom. The fraction of sp³-hybridized carbons (Fsp3) is 0. The number of fused-ring (bicyclic) bond motifs is 5. The SMILES string of the molecule is [2H]c1c([2H])c(N(c2ccc(-c3ccc4c(ccc5ccccc54)c3)cc2)c2ccc(-c3c(-c4ccccc4)ccc4ccccc34)cc2)c([2H])c([2H])c1-c1ccc(-c2cccc3ccccc23)cc1. The Morgan fingerprint density at radius 1 is 0.246 bits per heavy atom. The molecule has 1 heteroatoms. The third kappa shape index (κ3) is 7.10. The third-order valence-corrected chi connectivity index (χ3v) is 12.7. The van der Waals surface area contributed by atoms with Crippen molar-refractivity contribution in [3.63, 3.8) is 0 Å². The molecule has 65 heavy (non-hydrogen) atoms. The van der Waals surface area contributed by atoms with Crippen LogP contribution in [-0.4, -0.2) is 0 Å². The monoisotopic (exact) mass is 829 g/mol. The van der Waals surface area contributed by atoms with Crippen LogP contribution in [-0.2, 0) is 0 Å². The van der Waals surface area contributed by atoms with Crippen LogP contribution in [0.25, 0.3) is 98.7 Å². The molecule has 0 spiro atoms. The van der Waals surface area contributed by atoms with E-state index in [1.807, 2.05) is 71.6 Å². The van der Waals surface area contributed by atoms with Crippen molar-refractivity contribution in [3.05, 3.63) is 261 Å². The largest absolute Gasteiger partial charge is 0.311 e. The predicted molar refractivity (Wildman–Crippen MR) is 278 cm³/mol. The second-order valence-corrected chi connectivity index (χ2v) is 16.6. The molecule has 0 fully saturated rings. The normalized spacial score (nSPS) is 12.2. The molecule has 0 saturated carbocycles. The molecule has 0 heterocycles. The van der Waals surface area contributed by atoms with Gasteiger partial charge in [-0.15, -0.1) is 0 Å². The fourth-order valence-corrected chi connectivity index (χ4v) is 9.48. The summed E-state index contributed by atoms with van der Waals surface area (Å²) in [4.78, 5) is 1.87. The molecule has 304 valence electrons. The molecule has 0 N–H and O–H groups in total. The van der Waals surface area contributed by atoms with E-state index in [1.165, 1.54) is 16.2 Å². The Kier molecular flexibility index (Phi) is 8.54. The highest BCUT2D eigenvalue weighted by molar-refractivity contribution is 6.09. The van der Waals surface area contributed by atoms with Gasteiger partial charge in [0.1, 0.15) is 0 Å². The van der Waals surface area contributed by atoms with E-state index in [-0.39, 0.29) is 35.4 Å². The zero-order valence-corrected chi connectivity index (χ0v) is 35.5. The Bertz CT molecular complexity index is 3890. The molecule has 0 unspecified atom stereocenters. The molecule has 0 bridgehead atoms. The average Bonchev–Trinajstić information content (AvgIpc) is 3.41. The van der Waals surface area contributed by atoms with Crippen LogP contribution in [0, 0.1) is 0 Å². The number of rotatable bonds is 8. The van der Waals surface area contributed by atoms with E-state index in [2.05, 4.69) is 170 Å². The van der Waals surface area contributed by atoms with Gasteiger partial charge in [-0.3, -0.25) is 0 Å². The standard InChI is InChI=1S/C64H43N/c1-2-11-48(12-3-1)63-42-33-50-15-6-9-19-62(50)64(63)52-31-39-57(40-32-52)65(56-37-29-46(30-38-56)53-34-41-61-54(43-53)26-25-49-14-5-8-18-59(49)61)55-35-27-45(28-36-55)44-21-23-51(24-22-44)60-20-10-16-47-13-4-7-17-58(47)60/h1-43H/i27D,28D,35D,36D. The van der Waals surface area contributed by atoms with Crippen molar-refractivity contribution in [3.8, 4) is 55.6 Å². The smallest absolute Gasteiger partial charge is 0.0645 e. The minimum atomic E-state index is -0.126. The lowest BCUT2D eigenvalue weighted by Crippen LogP contribution is -2.09. The summed E-state index contributed by atoms with van der Waals surface area (Å²) >= 11 is 0. The first-order chi connectivity index (χ1) is 33.9. The number of nitrogens with zero attached hydrogens (tertiary/aromatic N) is 1. The number of anilines is 3. The molecule has 0 amide bonds. The molecule has 0 aliphatic rings. The molecule has 12 aromatic rings. The molecule has 12 rings (SSSR count). The van der Waals surface area contributed by atoms with Gasteiger partial charge in [0.05, 0.1) is 5.48 Å². The van der Waals surface area contributed by atoms with Gasteiger partial charge in [0, 0.05) is 17.1 Å². The van der Waals surface area contributed by atoms with Crippen molar-refractivity contribution in [2.45, 2.75) is 0 Å². The first-order valence-electron chi connectivity index (χ1n) is 24.1. The number of hydrogen-bond donors (Lipinski definition) is 0. The van der Waals surface area contributed by atoms with Gasteiger partial charge in [-0.2, -0.15) is 0 Å². The minimum Gasteiger partial charge on any atom is -0.311 e. The van der Waals surface area contributed by atoms with Gasteiger partial charge in [-0.25, -0.2) is 0 Å². The zero-order chi connectivity index (χ0) is 46.6. The van der Waals surface area contributed by atoms with Gasteiger partial charge >= 0.3 is 0 Å². The van der Waals surface area contributed by atoms with E-state index in [1.54, 1.807) is 0 Å². The molecule has 0 saturated heterocycles. The molecule has 0 radical (unpaired) electrons. The lowest BCUT2D eigenvalue weighted by molar-refractivity contribution is 1.28. The summed E-state index contributed by atoms with van der Waals surface area (Å²) in [5.41, 5.74) is 11.1. The van der Waals surface area contributed by atoms with Gasteiger partial charge in [0.15, 0.2) is 0 Å². The highest BCUT2D eigenvalue weighted by Gasteiger charge is 2.17. The van der Waals surface area contributed by atoms with Crippen LogP contribution in [0.5, 0.6) is 0 Å². The second-order valence-electron chi connectivity index (χ2n) is 16.6. The van der Waals surface area contributed by atoms with Crippen LogP contribution in [0.2, 0.25) is 0 Å². The Morgan fingerprint density at radius 3 is 1.45 bits per heavy atom. The second kappa shape index (κ2) is 16.3. The molecule has 0 aliphatic heterocycles. The van der Waals surface area contributed by atoms with Crippen molar-refractivity contribution >= 4 is 60.2 Å². The van der Waals surface area contributed by atoms with E-state index in [0.29, 0.717) is 16.9 Å². The summed E-state index contributed by atoms with van der Waals surface area (Å²) < 4.78 is 38.4. The van der Waals surface area contributed by atoms with E-state index in [9.17, 15) is 5.48 Å². The lowest BCUT2D eigenvalue weighted by atomic mass is 9.89. The van der Waals surface area contributed by atoms with E-state index >= 15 is 0 Å². The lowest BCUT2D eigenvalue weighted by Gasteiger charge is -2.26. The molecule has 12 aromatic carbocycles. The van der Waals surface area contributed by atoms with Crippen molar-refractivity contribution in [2.75, 3.05) is 4.90 Å². The number of hydrogen-bond acceptors (Lipinski definition) is 1. The third-order valence-electron chi connectivity index (χ3n) is 12.7. The highest BCUT2D eigenvalue weighted by atomic mass is 15.1. The summed E-state index contributed by atoms with van der Waals surface area (Å²) in [6.45, 7) is 0. The zero-order valence-electron chi connectivity index (χ0n) is 39.5. The maximum atomic E-state index is 9.69. The first kappa shape index (κ1) is 34.0. The van der Waals surface area contributed by atoms with Crippen LogP contribution in [0.4, 0.5) is 17.1 Å². The molecule has 1 nitrogen and oxygen atoms in total. The van der Waals surface area contributed by atoms with Crippen molar-refractivity contribution in [1.82, 2.24) is 0 Å². The van der Waals surface area contributed by atoms with Gasteiger partial charge in [-0.1, -0.05) is 218 Å². The van der Waals surface area contributed by atoms with Crippen molar-refractivity contribution in [2.24, 2.45) is 0 Å². The maximum absolute atomic E-state index is 9.69. The van der Waals surface area contributed by atoms with E-state index in [4.69, 9.17) is 0 Å². The molecule has 0 atom stereocenters. The highest BCUT2D eigenvalue weighted by Crippen LogP contribution is 2.42. The van der Waals surface area contributed by atoms with Crippen molar-refractivity contribution in [1.29, 1.82) is 0 Å². The summed E-state index contributed by atoms with van der Waals surface area (Å²) in [6.07, 6.45) is 0. The van der Waals surface area contributed by atoms with E-state index in [0.717, 1.165) is 71.4 Å². The van der Waals surface area contributed by atoms with Crippen LogP contribution in [0.15, 0.2) is 261 Å². The van der Waals surface area contributed by atoms with Crippen LogP contribution in [0.3, 0.4) is 0 Å². The quantitative estimate of drug-likeness (QED) is 0.138. The molecule has 0 aromatic heterocycles. The molecular formula is C64H43N. The topological polar surface area (TPSA) is 3.24 Å². The summed E-state index contributed by atoms with van der Waals surface area (Å²) in [5.74, 6) is 0. The predicted octanol–water partition coefficient (Wildman–Crippen LogP) is 18.1. The Balaban J connectivity index is 0.977. The maximum Gasteiger partial charge on any atom is 0.0645 e. The van der Waals surface area contributed by atoms with Crippen molar-refractivity contribution < 1.29 is 5.48 Å². The summed E-state index contributed by atoms with van der Waals surface area (Å²) in [7, 11) is 0. The van der Waals surface area contributed by atoms with E-state index < -0.39 is 0 Å². The minimum absolute atomic E-state index is 0.103.